The number of hydrazone groups is 1. The van der Waals surface area contributed by atoms with Crippen molar-refractivity contribution >= 4 is 38.9 Å². The van der Waals surface area contributed by atoms with E-state index in [4.69, 9.17) is 11.6 Å². The lowest BCUT2D eigenvalue weighted by atomic mass is 10.1. The van der Waals surface area contributed by atoms with Gasteiger partial charge in [-0.1, -0.05) is 41.4 Å². The summed E-state index contributed by atoms with van der Waals surface area (Å²) >= 11 is 5.83. The van der Waals surface area contributed by atoms with Gasteiger partial charge in [0.1, 0.15) is 0 Å². The van der Waals surface area contributed by atoms with Crippen LogP contribution in [0.2, 0.25) is 5.02 Å². The number of rotatable bonds is 6. The number of aryl methyl sites for hydroxylation is 1. The highest BCUT2D eigenvalue weighted by molar-refractivity contribution is 7.89. The van der Waals surface area contributed by atoms with Crippen molar-refractivity contribution < 1.29 is 13.2 Å². The predicted molar refractivity (Wildman–Crippen MR) is 120 cm³/mol. The van der Waals surface area contributed by atoms with Crippen molar-refractivity contribution in [1.82, 2.24) is 4.83 Å². The smallest absolute Gasteiger partial charge is 0.276 e. The zero-order chi connectivity index (χ0) is 21.7. The minimum absolute atomic E-state index is 0.143. The maximum Gasteiger partial charge on any atom is 0.276 e. The fraction of sp³-hybridized carbons (Fsp3) is 0.0909. The third-order valence-corrected chi connectivity index (χ3v) is 5.81. The summed E-state index contributed by atoms with van der Waals surface area (Å²) in [6.45, 7) is 3.58. The average Bonchev–Trinajstić information content (AvgIpc) is 2.73. The van der Waals surface area contributed by atoms with E-state index in [0.717, 1.165) is 5.56 Å². The van der Waals surface area contributed by atoms with E-state index in [0.29, 0.717) is 27.5 Å². The zero-order valence-electron chi connectivity index (χ0n) is 16.4. The quantitative estimate of drug-likeness (QED) is 0.432. The van der Waals surface area contributed by atoms with Crippen molar-refractivity contribution in [3.8, 4) is 0 Å². The predicted octanol–water partition coefficient (Wildman–Crippen LogP) is 4.60. The van der Waals surface area contributed by atoms with E-state index < -0.39 is 10.0 Å². The molecule has 0 radical (unpaired) electrons. The molecule has 30 heavy (non-hydrogen) atoms. The van der Waals surface area contributed by atoms with Crippen LogP contribution in [-0.2, 0) is 10.0 Å². The van der Waals surface area contributed by atoms with Crippen LogP contribution in [0.4, 0.5) is 5.69 Å². The van der Waals surface area contributed by atoms with Gasteiger partial charge in [-0.15, -0.1) is 0 Å². The van der Waals surface area contributed by atoms with Gasteiger partial charge in [-0.2, -0.15) is 18.4 Å². The van der Waals surface area contributed by atoms with Crippen LogP contribution in [0, 0.1) is 6.92 Å². The number of carbonyl (C=O) groups is 1. The molecular formula is C22H20ClN3O3S. The van der Waals surface area contributed by atoms with Gasteiger partial charge in [-0.25, -0.2) is 0 Å². The Morgan fingerprint density at radius 1 is 0.867 bits per heavy atom. The van der Waals surface area contributed by atoms with Crippen LogP contribution in [0.3, 0.4) is 0 Å². The number of sulfonamides is 1. The first-order valence-electron chi connectivity index (χ1n) is 9.05. The topological polar surface area (TPSA) is 87.6 Å². The Balaban J connectivity index is 1.66. The first-order chi connectivity index (χ1) is 14.2. The summed E-state index contributed by atoms with van der Waals surface area (Å²) in [5.74, 6) is -0.254. The minimum Gasteiger partial charge on any atom is -0.322 e. The Bertz CT molecular complexity index is 1170. The Morgan fingerprint density at radius 2 is 1.43 bits per heavy atom. The third kappa shape index (κ3) is 5.46. The molecule has 0 fully saturated rings. The highest BCUT2D eigenvalue weighted by atomic mass is 35.5. The molecule has 154 valence electrons. The molecule has 8 heteroatoms. The van der Waals surface area contributed by atoms with E-state index >= 15 is 0 Å². The first kappa shape index (κ1) is 21.5. The van der Waals surface area contributed by atoms with E-state index in [1.165, 1.54) is 12.1 Å². The van der Waals surface area contributed by atoms with Crippen molar-refractivity contribution in [2.75, 3.05) is 5.32 Å². The number of hydrogen-bond acceptors (Lipinski definition) is 4. The fourth-order valence-corrected chi connectivity index (χ4v) is 3.55. The number of nitrogens with zero attached hydrogens (tertiary/aromatic N) is 1. The maximum atomic E-state index is 12.3. The molecule has 0 spiro atoms. The summed E-state index contributed by atoms with van der Waals surface area (Å²) in [4.78, 5) is 14.6. The van der Waals surface area contributed by atoms with Gasteiger partial charge in [0.25, 0.3) is 15.9 Å². The average molecular weight is 442 g/mol. The summed E-state index contributed by atoms with van der Waals surface area (Å²) in [5.41, 5.74) is 3.27. The van der Waals surface area contributed by atoms with Crippen molar-refractivity contribution in [1.29, 1.82) is 0 Å². The number of benzene rings is 3. The second kappa shape index (κ2) is 9.11. The Morgan fingerprint density at radius 3 is 2.03 bits per heavy atom. The van der Waals surface area contributed by atoms with Crippen LogP contribution in [0.5, 0.6) is 0 Å². The molecule has 0 heterocycles. The summed E-state index contributed by atoms with van der Waals surface area (Å²) < 4.78 is 24.7. The largest absolute Gasteiger partial charge is 0.322 e. The highest BCUT2D eigenvalue weighted by Gasteiger charge is 2.13. The van der Waals surface area contributed by atoms with Crippen molar-refractivity contribution in [3.63, 3.8) is 0 Å². The highest BCUT2D eigenvalue weighted by Crippen LogP contribution is 2.15. The lowest BCUT2D eigenvalue weighted by Gasteiger charge is -2.08. The van der Waals surface area contributed by atoms with Crippen molar-refractivity contribution in [3.05, 3.63) is 94.5 Å². The molecule has 2 N–H and O–H groups in total. The number of halogens is 1. The lowest BCUT2D eigenvalue weighted by molar-refractivity contribution is 0.102. The molecule has 0 saturated heterocycles. The van der Waals surface area contributed by atoms with Gasteiger partial charge < -0.3 is 5.32 Å². The van der Waals surface area contributed by atoms with Crippen molar-refractivity contribution in [2.45, 2.75) is 18.7 Å². The Labute approximate surface area is 180 Å². The molecule has 0 aliphatic carbocycles. The van der Waals surface area contributed by atoms with Crippen LogP contribution >= 0.6 is 11.6 Å². The van der Waals surface area contributed by atoms with E-state index in [1.807, 2.05) is 6.92 Å². The van der Waals surface area contributed by atoms with E-state index in [1.54, 1.807) is 67.6 Å². The van der Waals surface area contributed by atoms with Gasteiger partial charge in [0, 0.05) is 16.3 Å². The molecule has 3 aromatic carbocycles. The van der Waals surface area contributed by atoms with Gasteiger partial charge in [-0.05, 0) is 67.9 Å². The van der Waals surface area contributed by atoms with E-state index in [-0.39, 0.29) is 10.8 Å². The second-order valence-electron chi connectivity index (χ2n) is 6.64. The number of amides is 1. The molecule has 0 aromatic heterocycles. The molecular weight excluding hydrogens is 422 g/mol. The zero-order valence-corrected chi connectivity index (χ0v) is 18.0. The molecule has 0 saturated carbocycles. The van der Waals surface area contributed by atoms with E-state index in [2.05, 4.69) is 15.2 Å². The standard InChI is InChI=1S/C22H20ClN3O3S/c1-15-3-13-21(14-4-15)30(28,29)26-25-16(2)17-7-11-20(12-8-17)24-22(27)18-5-9-19(23)10-6-18/h3-14,26H,1-2H3,(H,24,27)/b25-16-. The molecule has 0 bridgehead atoms. The molecule has 6 nitrogen and oxygen atoms in total. The number of carbonyl (C=O) groups excluding carboxylic acids is 1. The SMILES string of the molecule is C/C(=N/NS(=O)(=O)c1ccc(C)cc1)c1ccc(NC(=O)c2ccc(Cl)cc2)cc1. The molecule has 1 amide bonds. The van der Waals surface area contributed by atoms with Gasteiger partial charge in [0.05, 0.1) is 10.6 Å². The molecule has 3 rings (SSSR count). The molecule has 0 atom stereocenters. The summed E-state index contributed by atoms with van der Waals surface area (Å²) in [5, 5.41) is 7.34. The number of anilines is 1. The van der Waals surface area contributed by atoms with Crippen molar-refractivity contribution in [2.24, 2.45) is 5.10 Å². The maximum absolute atomic E-state index is 12.3. The monoisotopic (exact) mass is 441 g/mol. The van der Waals surface area contributed by atoms with Crippen LogP contribution in [-0.4, -0.2) is 20.0 Å². The van der Waals surface area contributed by atoms with Gasteiger partial charge in [0.2, 0.25) is 0 Å². The molecule has 0 aliphatic rings. The first-order valence-corrected chi connectivity index (χ1v) is 10.9. The Kier molecular flexibility index (Phi) is 6.54. The summed E-state index contributed by atoms with van der Waals surface area (Å²) in [7, 11) is -3.74. The fourth-order valence-electron chi connectivity index (χ4n) is 2.56. The van der Waals surface area contributed by atoms with Gasteiger partial charge in [-0.3, -0.25) is 4.79 Å². The Hall–Kier alpha value is -3.16. The van der Waals surface area contributed by atoms with E-state index in [9.17, 15) is 13.2 Å². The normalized spacial score (nSPS) is 11.8. The number of hydrogen-bond donors (Lipinski definition) is 2. The third-order valence-electron chi connectivity index (χ3n) is 4.33. The number of nitrogens with one attached hydrogen (secondary N) is 2. The van der Waals surface area contributed by atoms with Crippen LogP contribution < -0.4 is 10.1 Å². The van der Waals surface area contributed by atoms with Crippen LogP contribution in [0.15, 0.2) is 82.8 Å². The summed E-state index contributed by atoms with van der Waals surface area (Å²) in [6, 6.07) is 20.0. The van der Waals surface area contributed by atoms with Gasteiger partial charge >= 0.3 is 0 Å². The summed E-state index contributed by atoms with van der Waals surface area (Å²) in [6.07, 6.45) is 0. The van der Waals surface area contributed by atoms with Crippen LogP contribution in [0.1, 0.15) is 28.4 Å². The van der Waals surface area contributed by atoms with Crippen LogP contribution in [0.25, 0.3) is 0 Å². The molecule has 0 aliphatic heterocycles. The lowest BCUT2D eigenvalue weighted by Crippen LogP contribution is -2.20. The van der Waals surface area contributed by atoms with Gasteiger partial charge in [0.15, 0.2) is 0 Å². The minimum atomic E-state index is -3.74. The molecule has 0 unspecified atom stereocenters. The second-order valence-corrected chi connectivity index (χ2v) is 8.74. The molecule has 3 aromatic rings.